The fraction of sp³-hybridized carbons (Fsp3) is 0.545. The van der Waals surface area contributed by atoms with Gasteiger partial charge in [0.25, 0.3) is 5.91 Å². The molecule has 0 saturated carbocycles. The summed E-state index contributed by atoms with van der Waals surface area (Å²) in [7, 11) is 0. The molecule has 0 radical (unpaired) electrons. The van der Waals surface area contributed by atoms with E-state index in [0.29, 0.717) is 0 Å². The van der Waals surface area contributed by atoms with Gasteiger partial charge in [-0.15, -0.1) is 0 Å². The van der Waals surface area contributed by atoms with Crippen LogP contribution in [0.1, 0.15) is 54.5 Å². The molecule has 2 aromatic rings. The number of hydrogen-bond donors (Lipinski definition) is 0. The van der Waals surface area contributed by atoms with E-state index in [4.69, 9.17) is 5.10 Å². The summed E-state index contributed by atoms with van der Waals surface area (Å²) in [5.41, 5.74) is 5.07. The summed E-state index contributed by atoms with van der Waals surface area (Å²) < 4.78 is 1.99. The maximum Gasteiger partial charge on any atom is 0.257 e. The lowest BCUT2D eigenvalue weighted by Gasteiger charge is -2.34. The van der Waals surface area contributed by atoms with Crippen LogP contribution in [0.15, 0.2) is 24.3 Å². The van der Waals surface area contributed by atoms with Gasteiger partial charge in [-0.3, -0.25) is 4.79 Å². The zero-order chi connectivity index (χ0) is 19.4. The Hall–Kier alpha value is -2.14. The average Bonchev–Trinajstić information content (AvgIpc) is 3.06. The highest BCUT2D eigenvalue weighted by atomic mass is 16.2. The lowest BCUT2D eigenvalue weighted by Crippen LogP contribution is -2.48. The molecule has 27 heavy (non-hydrogen) atoms. The highest BCUT2D eigenvalue weighted by molar-refractivity contribution is 5.97. The molecule has 146 valence electrons. The minimum Gasteiger partial charge on any atom is -0.336 e. The van der Waals surface area contributed by atoms with E-state index in [1.807, 2.05) is 9.58 Å². The number of carbonyl (C=O) groups is 1. The second-order valence-corrected chi connectivity index (χ2v) is 7.35. The fourth-order valence-electron chi connectivity index (χ4n) is 3.81. The molecule has 0 unspecified atom stereocenters. The van der Waals surface area contributed by atoms with Gasteiger partial charge in [-0.25, -0.2) is 4.68 Å². The maximum absolute atomic E-state index is 13.4. The van der Waals surface area contributed by atoms with Gasteiger partial charge in [0.15, 0.2) is 0 Å². The third-order valence-corrected chi connectivity index (χ3v) is 5.47. The van der Waals surface area contributed by atoms with E-state index in [-0.39, 0.29) is 5.91 Å². The Kier molecular flexibility index (Phi) is 6.32. The monoisotopic (exact) mass is 368 g/mol. The Balaban J connectivity index is 1.97. The second-order valence-electron chi connectivity index (χ2n) is 7.35. The van der Waals surface area contributed by atoms with Crippen molar-refractivity contribution in [2.75, 3.05) is 32.7 Å². The number of amides is 1. The van der Waals surface area contributed by atoms with Crippen LogP contribution in [0.3, 0.4) is 0 Å². The first-order valence-electron chi connectivity index (χ1n) is 10.3. The van der Waals surface area contributed by atoms with Crippen molar-refractivity contribution in [3.63, 3.8) is 0 Å². The van der Waals surface area contributed by atoms with Gasteiger partial charge in [-0.05, 0) is 38.4 Å². The van der Waals surface area contributed by atoms with Crippen LogP contribution in [-0.4, -0.2) is 58.2 Å². The smallest absolute Gasteiger partial charge is 0.257 e. The molecule has 0 spiro atoms. The largest absolute Gasteiger partial charge is 0.336 e. The van der Waals surface area contributed by atoms with Gasteiger partial charge in [0.05, 0.1) is 22.6 Å². The zero-order valence-corrected chi connectivity index (χ0v) is 17.2. The topological polar surface area (TPSA) is 41.4 Å². The Morgan fingerprint density at radius 1 is 1.04 bits per heavy atom. The highest BCUT2D eigenvalue weighted by Crippen LogP contribution is 2.23. The number of piperazine rings is 1. The van der Waals surface area contributed by atoms with E-state index in [1.165, 1.54) is 5.56 Å². The number of hydrogen-bond acceptors (Lipinski definition) is 3. The summed E-state index contributed by atoms with van der Waals surface area (Å²) in [6.07, 6.45) is 2.61. The molecule has 1 aliphatic rings. The number of aryl methyl sites for hydroxylation is 2. The molecule has 1 fully saturated rings. The zero-order valence-electron chi connectivity index (χ0n) is 17.2. The lowest BCUT2D eigenvalue weighted by atomic mass is 10.1. The van der Waals surface area contributed by atoms with Crippen molar-refractivity contribution in [2.45, 2.75) is 47.0 Å². The minimum absolute atomic E-state index is 0.157. The van der Waals surface area contributed by atoms with Crippen molar-refractivity contribution in [1.29, 1.82) is 0 Å². The molecule has 3 rings (SSSR count). The summed E-state index contributed by atoms with van der Waals surface area (Å²) >= 11 is 0. The molecule has 0 aliphatic carbocycles. The van der Waals surface area contributed by atoms with Gasteiger partial charge in [-0.2, -0.15) is 5.10 Å². The van der Waals surface area contributed by atoms with Gasteiger partial charge >= 0.3 is 0 Å². The number of rotatable bonds is 6. The maximum atomic E-state index is 13.4. The molecule has 0 N–H and O–H groups in total. The standard InChI is InChI=1S/C22H32N4O/c1-5-8-19-21(22(27)25-15-13-24(7-3)14-16-25)20(6-2)26(23-19)18-11-9-17(4)10-12-18/h9-12H,5-8,13-16H2,1-4H3. The number of nitrogens with zero attached hydrogens (tertiary/aromatic N) is 4. The summed E-state index contributed by atoms with van der Waals surface area (Å²) in [6.45, 7) is 13.1. The number of benzene rings is 1. The van der Waals surface area contributed by atoms with Gasteiger partial charge in [-0.1, -0.05) is 44.9 Å². The van der Waals surface area contributed by atoms with E-state index < -0.39 is 0 Å². The van der Waals surface area contributed by atoms with Crippen LogP contribution < -0.4 is 0 Å². The van der Waals surface area contributed by atoms with Gasteiger partial charge < -0.3 is 9.80 Å². The Bertz CT molecular complexity index is 770. The Morgan fingerprint density at radius 3 is 2.26 bits per heavy atom. The fourth-order valence-corrected chi connectivity index (χ4v) is 3.81. The van der Waals surface area contributed by atoms with Gasteiger partial charge in [0, 0.05) is 26.2 Å². The number of likely N-dealkylation sites (N-methyl/N-ethyl adjacent to an activating group) is 1. The van der Waals surface area contributed by atoms with Crippen LogP contribution in [0, 0.1) is 6.92 Å². The molecule has 2 heterocycles. The summed E-state index contributed by atoms with van der Waals surface area (Å²) in [6, 6.07) is 8.37. The highest BCUT2D eigenvalue weighted by Gasteiger charge is 2.28. The average molecular weight is 369 g/mol. The van der Waals surface area contributed by atoms with E-state index in [0.717, 1.165) is 74.6 Å². The van der Waals surface area contributed by atoms with Crippen molar-refractivity contribution in [2.24, 2.45) is 0 Å². The molecular weight excluding hydrogens is 336 g/mol. The minimum atomic E-state index is 0.157. The van der Waals surface area contributed by atoms with Crippen LogP contribution in [0.25, 0.3) is 5.69 Å². The van der Waals surface area contributed by atoms with Crippen molar-refractivity contribution in [1.82, 2.24) is 19.6 Å². The van der Waals surface area contributed by atoms with Crippen molar-refractivity contribution in [3.8, 4) is 5.69 Å². The first kappa shape index (κ1) is 19.6. The van der Waals surface area contributed by atoms with Crippen molar-refractivity contribution < 1.29 is 4.79 Å². The molecule has 1 aromatic heterocycles. The second kappa shape index (κ2) is 8.70. The van der Waals surface area contributed by atoms with Crippen LogP contribution in [0.2, 0.25) is 0 Å². The van der Waals surface area contributed by atoms with Crippen molar-refractivity contribution >= 4 is 5.91 Å². The molecule has 0 atom stereocenters. The van der Waals surface area contributed by atoms with Crippen LogP contribution in [-0.2, 0) is 12.8 Å². The van der Waals surface area contributed by atoms with Crippen LogP contribution >= 0.6 is 0 Å². The first-order valence-corrected chi connectivity index (χ1v) is 10.3. The Labute approximate surface area is 163 Å². The third-order valence-electron chi connectivity index (χ3n) is 5.47. The molecule has 1 amide bonds. The van der Waals surface area contributed by atoms with E-state index >= 15 is 0 Å². The molecule has 1 aliphatic heterocycles. The molecule has 5 nitrogen and oxygen atoms in total. The van der Waals surface area contributed by atoms with Crippen molar-refractivity contribution in [3.05, 3.63) is 46.8 Å². The molecule has 5 heteroatoms. The van der Waals surface area contributed by atoms with Crippen LogP contribution in [0.5, 0.6) is 0 Å². The predicted molar refractivity (Wildman–Crippen MR) is 110 cm³/mol. The Morgan fingerprint density at radius 2 is 1.70 bits per heavy atom. The summed E-state index contributed by atoms with van der Waals surface area (Å²) in [5, 5.41) is 4.88. The SMILES string of the molecule is CCCc1nn(-c2ccc(C)cc2)c(CC)c1C(=O)N1CCN(CC)CC1. The lowest BCUT2D eigenvalue weighted by molar-refractivity contribution is 0.0641. The third kappa shape index (κ3) is 4.08. The van der Waals surface area contributed by atoms with Gasteiger partial charge in [0.1, 0.15) is 0 Å². The van der Waals surface area contributed by atoms with E-state index in [1.54, 1.807) is 0 Å². The number of carbonyl (C=O) groups excluding carboxylic acids is 1. The summed E-state index contributed by atoms with van der Waals surface area (Å²) in [4.78, 5) is 17.8. The molecule has 0 bridgehead atoms. The molecule has 1 saturated heterocycles. The van der Waals surface area contributed by atoms with E-state index in [2.05, 4.69) is 56.9 Å². The quantitative estimate of drug-likeness (QED) is 0.784. The first-order chi connectivity index (χ1) is 13.1. The normalized spacial score (nSPS) is 15.3. The van der Waals surface area contributed by atoms with Crippen LogP contribution in [0.4, 0.5) is 0 Å². The molecular formula is C22H32N4O. The van der Waals surface area contributed by atoms with E-state index in [9.17, 15) is 4.79 Å². The molecule has 1 aromatic carbocycles. The summed E-state index contributed by atoms with van der Waals surface area (Å²) in [5.74, 6) is 0.157. The number of aromatic nitrogens is 2. The van der Waals surface area contributed by atoms with Gasteiger partial charge in [0.2, 0.25) is 0 Å². The predicted octanol–water partition coefficient (Wildman–Crippen LogP) is 3.47.